The monoisotopic (exact) mass is 272 g/mol. The normalized spacial score (nSPS) is 9.90. The first-order chi connectivity index (χ1) is 9.63. The van der Waals surface area contributed by atoms with Crippen molar-refractivity contribution >= 4 is 17.3 Å². The van der Waals surface area contributed by atoms with Crippen LogP contribution in [0, 0.1) is 0 Å². The molecule has 0 aliphatic carbocycles. The molecule has 0 bridgehead atoms. The summed E-state index contributed by atoms with van der Waals surface area (Å²) in [4.78, 5) is 12.1. The molecule has 20 heavy (non-hydrogen) atoms. The number of ether oxygens (including phenoxy) is 2. The predicted molar refractivity (Wildman–Crippen MR) is 78.4 cm³/mol. The molecule has 0 heterocycles. The summed E-state index contributed by atoms with van der Waals surface area (Å²) in [5.41, 5.74) is 7.32. The number of rotatable bonds is 4. The Kier molecular flexibility index (Phi) is 4.10. The third-order valence-electron chi connectivity index (χ3n) is 2.82. The molecular weight excluding hydrogens is 256 g/mol. The number of hydrogen-bond donors (Lipinski definition) is 2. The summed E-state index contributed by atoms with van der Waals surface area (Å²) in [7, 11) is 3.11. The van der Waals surface area contributed by atoms with Gasteiger partial charge in [-0.2, -0.15) is 0 Å². The summed E-state index contributed by atoms with van der Waals surface area (Å²) in [5, 5.41) is 2.77. The molecule has 0 spiro atoms. The van der Waals surface area contributed by atoms with E-state index in [2.05, 4.69) is 5.32 Å². The summed E-state index contributed by atoms with van der Waals surface area (Å²) in [5.74, 6) is 1.01. The molecule has 0 aliphatic rings. The Morgan fingerprint density at radius 3 is 2.35 bits per heavy atom. The highest BCUT2D eigenvalue weighted by Gasteiger charge is 2.10. The van der Waals surface area contributed by atoms with Gasteiger partial charge in [0.05, 0.1) is 19.9 Å². The number of amides is 1. The van der Waals surface area contributed by atoms with Gasteiger partial charge in [-0.05, 0) is 42.5 Å². The first-order valence-electron chi connectivity index (χ1n) is 6.03. The number of nitrogens with one attached hydrogen (secondary N) is 1. The third-order valence-corrected chi connectivity index (χ3v) is 2.82. The number of hydrogen-bond acceptors (Lipinski definition) is 4. The van der Waals surface area contributed by atoms with Gasteiger partial charge >= 0.3 is 0 Å². The number of nitrogens with two attached hydrogens (primary N) is 1. The van der Waals surface area contributed by atoms with Crippen LogP contribution in [0.15, 0.2) is 42.5 Å². The molecule has 0 radical (unpaired) electrons. The molecule has 5 heteroatoms. The quantitative estimate of drug-likeness (QED) is 0.839. The Balaban J connectivity index is 2.20. The highest BCUT2D eigenvalue weighted by molar-refractivity contribution is 6.05. The van der Waals surface area contributed by atoms with Crippen molar-refractivity contribution in [2.45, 2.75) is 0 Å². The molecule has 104 valence electrons. The molecular formula is C15H16N2O3. The average Bonchev–Trinajstić information content (AvgIpc) is 2.47. The smallest absolute Gasteiger partial charge is 0.255 e. The fourth-order valence-corrected chi connectivity index (χ4v) is 1.76. The molecule has 0 fully saturated rings. The summed E-state index contributed by atoms with van der Waals surface area (Å²) in [6, 6.07) is 11.9. The lowest BCUT2D eigenvalue weighted by molar-refractivity contribution is 0.102. The van der Waals surface area contributed by atoms with Crippen LogP contribution in [-0.4, -0.2) is 20.1 Å². The van der Waals surface area contributed by atoms with E-state index in [0.717, 1.165) is 0 Å². The molecule has 3 N–H and O–H groups in total. The fraction of sp³-hybridized carbons (Fsp3) is 0.133. The van der Waals surface area contributed by atoms with Crippen LogP contribution in [0.1, 0.15) is 10.4 Å². The Morgan fingerprint density at radius 2 is 1.75 bits per heavy atom. The minimum Gasteiger partial charge on any atom is -0.497 e. The van der Waals surface area contributed by atoms with Crippen LogP contribution < -0.4 is 20.5 Å². The summed E-state index contributed by atoms with van der Waals surface area (Å²) in [6.45, 7) is 0. The number of carbonyl (C=O) groups excluding carboxylic acids is 1. The first kappa shape index (κ1) is 13.7. The third kappa shape index (κ3) is 3.00. The van der Waals surface area contributed by atoms with Crippen molar-refractivity contribution in [3.63, 3.8) is 0 Å². The van der Waals surface area contributed by atoms with Crippen molar-refractivity contribution in [3.8, 4) is 11.5 Å². The van der Waals surface area contributed by atoms with Crippen LogP contribution in [0.25, 0.3) is 0 Å². The average molecular weight is 272 g/mol. The van der Waals surface area contributed by atoms with Crippen LogP contribution in [0.4, 0.5) is 11.4 Å². The van der Waals surface area contributed by atoms with E-state index in [0.29, 0.717) is 28.4 Å². The van der Waals surface area contributed by atoms with E-state index in [1.54, 1.807) is 49.6 Å². The number of benzene rings is 2. The van der Waals surface area contributed by atoms with Gasteiger partial charge in [0, 0.05) is 11.3 Å². The second-order valence-electron chi connectivity index (χ2n) is 4.14. The van der Waals surface area contributed by atoms with Gasteiger partial charge < -0.3 is 20.5 Å². The topological polar surface area (TPSA) is 73.6 Å². The number of nitrogen functional groups attached to an aromatic ring is 1. The predicted octanol–water partition coefficient (Wildman–Crippen LogP) is 2.54. The lowest BCUT2D eigenvalue weighted by Crippen LogP contribution is -2.12. The highest BCUT2D eigenvalue weighted by Crippen LogP contribution is 2.27. The Bertz CT molecular complexity index is 609. The van der Waals surface area contributed by atoms with Gasteiger partial charge in [-0.15, -0.1) is 0 Å². The molecule has 0 aromatic heterocycles. The largest absolute Gasteiger partial charge is 0.497 e. The molecule has 2 aromatic carbocycles. The maximum atomic E-state index is 12.1. The van der Waals surface area contributed by atoms with Crippen LogP contribution >= 0.6 is 0 Å². The van der Waals surface area contributed by atoms with Crippen LogP contribution in [0.2, 0.25) is 0 Å². The summed E-state index contributed by atoms with van der Waals surface area (Å²) in [6.07, 6.45) is 0. The second kappa shape index (κ2) is 5.97. The number of anilines is 2. The lowest BCUT2D eigenvalue weighted by atomic mass is 10.2. The van der Waals surface area contributed by atoms with E-state index in [1.165, 1.54) is 7.11 Å². The van der Waals surface area contributed by atoms with E-state index in [-0.39, 0.29) is 5.91 Å². The SMILES string of the molecule is COc1ccc(C(=O)Nc2cc(N)ccc2OC)cc1. The van der Waals surface area contributed by atoms with Crippen molar-refractivity contribution in [2.75, 3.05) is 25.3 Å². The van der Waals surface area contributed by atoms with Gasteiger partial charge in [0.25, 0.3) is 5.91 Å². The van der Waals surface area contributed by atoms with Gasteiger partial charge in [0.15, 0.2) is 0 Å². The van der Waals surface area contributed by atoms with E-state index in [9.17, 15) is 4.79 Å². The van der Waals surface area contributed by atoms with Gasteiger partial charge in [-0.3, -0.25) is 4.79 Å². The Labute approximate surface area is 117 Å². The van der Waals surface area contributed by atoms with Crippen molar-refractivity contribution in [1.29, 1.82) is 0 Å². The lowest BCUT2D eigenvalue weighted by Gasteiger charge is -2.11. The maximum Gasteiger partial charge on any atom is 0.255 e. The molecule has 0 saturated heterocycles. The fourth-order valence-electron chi connectivity index (χ4n) is 1.76. The Hall–Kier alpha value is -2.69. The highest BCUT2D eigenvalue weighted by atomic mass is 16.5. The van der Waals surface area contributed by atoms with Gasteiger partial charge in [-0.1, -0.05) is 0 Å². The van der Waals surface area contributed by atoms with E-state index >= 15 is 0 Å². The van der Waals surface area contributed by atoms with Gasteiger partial charge in [-0.25, -0.2) is 0 Å². The van der Waals surface area contributed by atoms with Crippen LogP contribution in [0.5, 0.6) is 11.5 Å². The van der Waals surface area contributed by atoms with E-state index < -0.39 is 0 Å². The minimum absolute atomic E-state index is 0.239. The van der Waals surface area contributed by atoms with Crippen molar-refractivity contribution in [1.82, 2.24) is 0 Å². The Morgan fingerprint density at radius 1 is 1.05 bits per heavy atom. The van der Waals surface area contributed by atoms with Crippen molar-refractivity contribution in [2.24, 2.45) is 0 Å². The minimum atomic E-state index is -0.239. The zero-order valence-electron chi connectivity index (χ0n) is 11.3. The zero-order valence-corrected chi connectivity index (χ0v) is 11.3. The summed E-state index contributed by atoms with van der Waals surface area (Å²) >= 11 is 0. The molecule has 0 unspecified atom stereocenters. The number of methoxy groups -OCH3 is 2. The molecule has 0 saturated carbocycles. The van der Waals surface area contributed by atoms with Gasteiger partial charge in [0.1, 0.15) is 11.5 Å². The van der Waals surface area contributed by atoms with E-state index in [4.69, 9.17) is 15.2 Å². The summed E-state index contributed by atoms with van der Waals surface area (Å²) < 4.78 is 10.2. The van der Waals surface area contributed by atoms with E-state index in [1.807, 2.05) is 0 Å². The zero-order chi connectivity index (χ0) is 14.5. The second-order valence-corrected chi connectivity index (χ2v) is 4.14. The molecule has 2 rings (SSSR count). The molecule has 2 aromatic rings. The van der Waals surface area contributed by atoms with Crippen LogP contribution in [-0.2, 0) is 0 Å². The molecule has 5 nitrogen and oxygen atoms in total. The standard InChI is InChI=1S/C15H16N2O3/c1-19-12-6-3-10(4-7-12)15(18)17-13-9-11(16)5-8-14(13)20-2/h3-9H,16H2,1-2H3,(H,17,18). The molecule has 1 amide bonds. The first-order valence-corrected chi connectivity index (χ1v) is 6.03. The molecule has 0 atom stereocenters. The number of carbonyl (C=O) groups is 1. The van der Waals surface area contributed by atoms with Crippen LogP contribution in [0.3, 0.4) is 0 Å². The van der Waals surface area contributed by atoms with Crippen molar-refractivity contribution < 1.29 is 14.3 Å². The maximum absolute atomic E-state index is 12.1. The van der Waals surface area contributed by atoms with Crippen molar-refractivity contribution in [3.05, 3.63) is 48.0 Å². The van der Waals surface area contributed by atoms with Gasteiger partial charge in [0.2, 0.25) is 0 Å². The molecule has 0 aliphatic heterocycles.